The van der Waals surface area contributed by atoms with E-state index in [4.69, 9.17) is 0 Å². The van der Waals surface area contributed by atoms with Gasteiger partial charge in [0.2, 0.25) is 0 Å². The molecular formula is C14H12BrN3S. The molecule has 5 heteroatoms. The maximum Gasteiger partial charge on any atom is 0.184 e. The van der Waals surface area contributed by atoms with Gasteiger partial charge in [-0.25, -0.2) is 4.98 Å². The molecule has 0 saturated heterocycles. The normalized spacial score (nSPS) is 10.8. The second-order valence-electron chi connectivity index (χ2n) is 4.25. The molecule has 0 saturated carbocycles. The Morgan fingerprint density at radius 1 is 1.21 bits per heavy atom. The molecule has 0 amide bonds. The van der Waals surface area contributed by atoms with E-state index in [9.17, 15) is 0 Å². The van der Waals surface area contributed by atoms with E-state index in [1.54, 1.807) is 11.3 Å². The molecular weight excluding hydrogens is 322 g/mol. The van der Waals surface area contributed by atoms with Crippen LogP contribution in [0.4, 0.5) is 5.13 Å². The van der Waals surface area contributed by atoms with Crippen LogP contribution < -0.4 is 5.32 Å². The van der Waals surface area contributed by atoms with Gasteiger partial charge in [0.15, 0.2) is 5.13 Å². The molecule has 0 bridgehead atoms. The molecule has 3 rings (SSSR count). The highest BCUT2D eigenvalue weighted by Gasteiger charge is 2.04. The summed E-state index contributed by atoms with van der Waals surface area (Å²) in [5, 5.41) is 4.25. The number of pyridine rings is 1. The first kappa shape index (κ1) is 12.6. The first-order chi connectivity index (χ1) is 9.20. The lowest BCUT2D eigenvalue weighted by atomic mass is 10.3. The van der Waals surface area contributed by atoms with Crippen molar-refractivity contribution in [2.45, 2.75) is 13.5 Å². The fourth-order valence-corrected chi connectivity index (χ4v) is 3.03. The van der Waals surface area contributed by atoms with Crippen LogP contribution >= 0.6 is 27.3 Å². The summed E-state index contributed by atoms with van der Waals surface area (Å²) in [7, 11) is 0. The van der Waals surface area contributed by atoms with Crippen molar-refractivity contribution in [3.8, 4) is 0 Å². The second-order valence-corrected chi connectivity index (χ2v) is 6.20. The molecule has 1 N–H and O–H groups in total. The van der Waals surface area contributed by atoms with E-state index in [1.165, 1.54) is 4.70 Å². The van der Waals surface area contributed by atoms with Crippen molar-refractivity contribution in [3.05, 3.63) is 52.3 Å². The van der Waals surface area contributed by atoms with Crippen molar-refractivity contribution in [2.24, 2.45) is 0 Å². The average molecular weight is 334 g/mol. The van der Waals surface area contributed by atoms with Crippen LogP contribution in [0.2, 0.25) is 0 Å². The Bertz CT molecular complexity index is 724. The fraction of sp³-hybridized carbons (Fsp3) is 0.143. The summed E-state index contributed by atoms with van der Waals surface area (Å²) in [5.74, 6) is 0. The van der Waals surface area contributed by atoms with Crippen molar-refractivity contribution in [1.29, 1.82) is 0 Å². The number of rotatable bonds is 3. The molecule has 0 aliphatic carbocycles. The van der Waals surface area contributed by atoms with E-state index in [1.807, 2.05) is 37.3 Å². The molecule has 0 atom stereocenters. The van der Waals surface area contributed by atoms with E-state index in [0.29, 0.717) is 6.54 Å². The van der Waals surface area contributed by atoms with Gasteiger partial charge in [-0.1, -0.05) is 33.3 Å². The number of halogens is 1. The lowest BCUT2D eigenvalue weighted by Gasteiger charge is -2.02. The number of aromatic nitrogens is 2. The molecule has 3 aromatic rings. The molecule has 1 aromatic carbocycles. The van der Waals surface area contributed by atoms with Crippen LogP contribution in [0, 0.1) is 6.92 Å². The summed E-state index contributed by atoms with van der Waals surface area (Å²) in [6.45, 7) is 2.70. The molecule has 2 aromatic heterocycles. The van der Waals surface area contributed by atoms with E-state index < -0.39 is 0 Å². The minimum atomic E-state index is 0.697. The second kappa shape index (κ2) is 5.27. The minimum absolute atomic E-state index is 0.697. The number of aryl methyl sites for hydroxylation is 1. The Morgan fingerprint density at radius 2 is 2.11 bits per heavy atom. The Kier molecular flexibility index (Phi) is 3.48. The number of nitrogens with zero attached hydrogens (tertiary/aromatic N) is 2. The third-order valence-electron chi connectivity index (χ3n) is 2.72. The largest absolute Gasteiger partial charge is 0.356 e. The Hall–Kier alpha value is -1.46. The lowest BCUT2D eigenvalue weighted by molar-refractivity contribution is 1.01. The van der Waals surface area contributed by atoms with Gasteiger partial charge in [-0.05, 0) is 37.3 Å². The first-order valence-corrected chi connectivity index (χ1v) is 7.54. The van der Waals surface area contributed by atoms with Crippen LogP contribution in [0.3, 0.4) is 0 Å². The summed E-state index contributed by atoms with van der Waals surface area (Å²) in [5.41, 5.74) is 3.08. The maximum atomic E-state index is 4.56. The van der Waals surface area contributed by atoms with Gasteiger partial charge in [0.1, 0.15) is 0 Å². The van der Waals surface area contributed by atoms with Gasteiger partial charge in [0, 0.05) is 10.2 Å². The number of hydrogen-bond donors (Lipinski definition) is 1. The zero-order valence-electron chi connectivity index (χ0n) is 10.4. The number of benzene rings is 1. The quantitative estimate of drug-likeness (QED) is 0.773. The molecule has 0 radical (unpaired) electrons. The summed E-state index contributed by atoms with van der Waals surface area (Å²) < 4.78 is 2.24. The summed E-state index contributed by atoms with van der Waals surface area (Å²) in [6, 6.07) is 12.2. The molecule has 2 heterocycles. The third kappa shape index (κ3) is 2.93. The monoisotopic (exact) mass is 333 g/mol. The Morgan fingerprint density at radius 3 is 2.95 bits per heavy atom. The van der Waals surface area contributed by atoms with E-state index in [2.05, 4.69) is 37.3 Å². The zero-order valence-corrected chi connectivity index (χ0v) is 12.8. The fourth-order valence-electron chi connectivity index (χ4n) is 1.84. The van der Waals surface area contributed by atoms with Crippen LogP contribution in [-0.2, 0) is 6.54 Å². The minimum Gasteiger partial charge on any atom is -0.356 e. The number of fused-ring (bicyclic) bond motifs is 1. The third-order valence-corrected chi connectivity index (χ3v) is 4.20. The van der Waals surface area contributed by atoms with Gasteiger partial charge in [-0.3, -0.25) is 4.98 Å². The van der Waals surface area contributed by atoms with Crippen LogP contribution in [-0.4, -0.2) is 9.97 Å². The molecule has 96 valence electrons. The predicted molar refractivity (Wildman–Crippen MR) is 83.6 cm³/mol. The molecule has 0 aliphatic rings. The van der Waals surface area contributed by atoms with Gasteiger partial charge < -0.3 is 5.32 Å². The van der Waals surface area contributed by atoms with Gasteiger partial charge in [-0.15, -0.1) is 0 Å². The number of anilines is 1. The van der Waals surface area contributed by atoms with Crippen LogP contribution in [0.1, 0.15) is 11.4 Å². The number of hydrogen-bond acceptors (Lipinski definition) is 4. The Balaban J connectivity index is 1.78. The highest BCUT2D eigenvalue weighted by atomic mass is 79.9. The summed E-state index contributed by atoms with van der Waals surface area (Å²) in [6.07, 6.45) is 0. The standard InChI is InChI=1S/C14H12BrN3S/c1-9-3-2-4-11(17-9)8-16-14-18-12-7-10(15)5-6-13(12)19-14/h2-7H,8H2,1H3,(H,16,18). The Labute approximate surface area is 123 Å². The summed E-state index contributed by atoms with van der Waals surface area (Å²) in [4.78, 5) is 9.02. The van der Waals surface area contributed by atoms with Crippen LogP contribution in [0.15, 0.2) is 40.9 Å². The zero-order chi connectivity index (χ0) is 13.2. The van der Waals surface area contributed by atoms with Crippen LogP contribution in [0.25, 0.3) is 10.2 Å². The average Bonchev–Trinajstić information content (AvgIpc) is 2.78. The van der Waals surface area contributed by atoms with E-state index >= 15 is 0 Å². The molecule has 0 aliphatic heterocycles. The molecule has 19 heavy (non-hydrogen) atoms. The predicted octanol–water partition coefficient (Wildman–Crippen LogP) is 4.37. The topological polar surface area (TPSA) is 37.8 Å². The molecule has 0 unspecified atom stereocenters. The van der Waals surface area contributed by atoms with Crippen molar-refractivity contribution >= 4 is 42.6 Å². The highest BCUT2D eigenvalue weighted by Crippen LogP contribution is 2.28. The van der Waals surface area contributed by atoms with Crippen molar-refractivity contribution in [2.75, 3.05) is 5.32 Å². The number of nitrogens with one attached hydrogen (secondary N) is 1. The van der Waals surface area contributed by atoms with Crippen LogP contribution in [0.5, 0.6) is 0 Å². The van der Waals surface area contributed by atoms with Gasteiger partial charge >= 0.3 is 0 Å². The van der Waals surface area contributed by atoms with E-state index in [0.717, 1.165) is 26.5 Å². The van der Waals surface area contributed by atoms with Crippen molar-refractivity contribution in [3.63, 3.8) is 0 Å². The first-order valence-electron chi connectivity index (χ1n) is 5.93. The van der Waals surface area contributed by atoms with Crippen molar-refractivity contribution < 1.29 is 0 Å². The number of thiazole rings is 1. The molecule has 0 spiro atoms. The van der Waals surface area contributed by atoms with Gasteiger partial charge in [-0.2, -0.15) is 0 Å². The summed E-state index contributed by atoms with van der Waals surface area (Å²) >= 11 is 5.12. The lowest BCUT2D eigenvalue weighted by Crippen LogP contribution is -2.01. The molecule has 3 nitrogen and oxygen atoms in total. The SMILES string of the molecule is Cc1cccc(CNc2nc3cc(Br)ccc3s2)n1. The maximum absolute atomic E-state index is 4.56. The highest BCUT2D eigenvalue weighted by molar-refractivity contribution is 9.10. The van der Waals surface area contributed by atoms with E-state index in [-0.39, 0.29) is 0 Å². The van der Waals surface area contributed by atoms with Crippen molar-refractivity contribution in [1.82, 2.24) is 9.97 Å². The smallest absolute Gasteiger partial charge is 0.184 e. The molecule has 0 fully saturated rings. The van der Waals surface area contributed by atoms with Gasteiger partial charge in [0.05, 0.1) is 22.5 Å². The van der Waals surface area contributed by atoms with Gasteiger partial charge in [0.25, 0.3) is 0 Å².